The molecule has 0 spiro atoms. The van der Waals surface area contributed by atoms with Crippen molar-refractivity contribution in [1.82, 2.24) is 5.32 Å². The van der Waals surface area contributed by atoms with Crippen molar-refractivity contribution in [1.29, 1.82) is 0 Å². The zero-order chi connectivity index (χ0) is 17.0. The molecule has 1 aromatic heterocycles. The van der Waals surface area contributed by atoms with Crippen molar-refractivity contribution in [3.05, 3.63) is 59.5 Å². The highest BCUT2D eigenvalue weighted by molar-refractivity contribution is 5.32. The second kappa shape index (κ2) is 6.99. The molecular formula is C18H20F3NO2. The minimum Gasteiger partial charge on any atom is -0.468 e. The second-order valence-electron chi connectivity index (χ2n) is 6.15. The number of nitrogens with one attached hydrogen (secondary N) is 1. The lowest BCUT2D eigenvalue weighted by molar-refractivity contribution is -0.137. The molecule has 0 atom stereocenters. The van der Waals surface area contributed by atoms with Crippen LogP contribution >= 0.6 is 0 Å². The topological polar surface area (TPSA) is 34.4 Å². The summed E-state index contributed by atoms with van der Waals surface area (Å²) < 4.78 is 49.9. The maximum absolute atomic E-state index is 13.0. The largest absolute Gasteiger partial charge is 0.468 e. The molecule has 0 saturated carbocycles. The van der Waals surface area contributed by atoms with Crippen LogP contribution in [0.1, 0.15) is 29.7 Å². The normalized spacial score (nSPS) is 17.8. The summed E-state index contributed by atoms with van der Waals surface area (Å²) in [6.07, 6.45) is -1.34. The van der Waals surface area contributed by atoms with Crippen LogP contribution in [0.5, 0.6) is 0 Å². The number of alkyl halides is 3. The third-order valence-corrected chi connectivity index (χ3v) is 4.59. The van der Waals surface area contributed by atoms with Gasteiger partial charge in [0.15, 0.2) is 0 Å². The third-order valence-electron chi connectivity index (χ3n) is 4.59. The zero-order valence-corrected chi connectivity index (χ0v) is 13.2. The van der Waals surface area contributed by atoms with E-state index in [1.165, 1.54) is 12.1 Å². The smallest absolute Gasteiger partial charge is 0.416 e. The monoisotopic (exact) mass is 339 g/mol. The van der Waals surface area contributed by atoms with Crippen LogP contribution in [0.25, 0.3) is 0 Å². The molecule has 1 fully saturated rings. The van der Waals surface area contributed by atoms with Gasteiger partial charge in [-0.3, -0.25) is 0 Å². The molecule has 3 rings (SSSR count). The Labute approximate surface area is 138 Å². The Bertz CT molecular complexity index is 647. The average molecular weight is 339 g/mol. The van der Waals surface area contributed by atoms with E-state index in [1.54, 1.807) is 12.3 Å². The molecule has 2 aromatic rings. The quantitative estimate of drug-likeness (QED) is 0.889. The first-order valence-electron chi connectivity index (χ1n) is 7.98. The van der Waals surface area contributed by atoms with E-state index >= 15 is 0 Å². The van der Waals surface area contributed by atoms with E-state index in [4.69, 9.17) is 9.15 Å². The van der Waals surface area contributed by atoms with Gasteiger partial charge in [0.2, 0.25) is 0 Å². The first-order valence-corrected chi connectivity index (χ1v) is 7.98. The first kappa shape index (κ1) is 17.0. The predicted molar refractivity (Wildman–Crippen MR) is 83.6 cm³/mol. The molecular weight excluding hydrogens is 319 g/mol. The molecule has 24 heavy (non-hydrogen) atoms. The molecule has 0 radical (unpaired) electrons. The Morgan fingerprint density at radius 1 is 1.08 bits per heavy atom. The van der Waals surface area contributed by atoms with Crippen LogP contribution in [-0.4, -0.2) is 19.8 Å². The van der Waals surface area contributed by atoms with E-state index in [-0.39, 0.29) is 5.41 Å². The molecule has 130 valence electrons. The standard InChI is InChI=1S/C18H20F3NO2/c19-18(20,21)15-4-1-3-14(11-15)17(6-9-23-10-7-17)13-22-12-16-5-2-8-24-16/h1-5,8,11,22H,6-7,9-10,12-13H2. The minimum absolute atomic E-state index is 0.355. The van der Waals surface area contributed by atoms with Crippen molar-refractivity contribution in [2.24, 2.45) is 0 Å². The number of ether oxygens (including phenoxy) is 1. The number of benzene rings is 1. The Hall–Kier alpha value is -1.79. The summed E-state index contributed by atoms with van der Waals surface area (Å²) in [6.45, 7) is 2.24. The maximum atomic E-state index is 13.0. The van der Waals surface area contributed by atoms with Gasteiger partial charge in [-0.15, -0.1) is 0 Å². The van der Waals surface area contributed by atoms with Crippen molar-refractivity contribution in [2.75, 3.05) is 19.8 Å². The molecule has 2 heterocycles. The van der Waals surface area contributed by atoms with Crippen LogP contribution in [0.2, 0.25) is 0 Å². The average Bonchev–Trinajstić information content (AvgIpc) is 3.08. The molecule has 1 aliphatic heterocycles. The molecule has 6 heteroatoms. The highest BCUT2D eigenvalue weighted by Gasteiger charge is 2.37. The third kappa shape index (κ3) is 3.82. The predicted octanol–water partition coefficient (Wildman–Crippen LogP) is 4.14. The van der Waals surface area contributed by atoms with Gasteiger partial charge in [-0.05, 0) is 36.6 Å². The van der Waals surface area contributed by atoms with Gasteiger partial charge < -0.3 is 14.5 Å². The van der Waals surface area contributed by atoms with Gasteiger partial charge in [0.05, 0.1) is 18.4 Å². The van der Waals surface area contributed by atoms with Crippen LogP contribution in [0.15, 0.2) is 47.1 Å². The molecule has 0 aliphatic carbocycles. The zero-order valence-electron chi connectivity index (χ0n) is 13.2. The van der Waals surface area contributed by atoms with Gasteiger partial charge in [-0.25, -0.2) is 0 Å². The van der Waals surface area contributed by atoms with E-state index in [2.05, 4.69) is 5.32 Å². The molecule has 1 saturated heterocycles. The second-order valence-corrected chi connectivity index (χ2v) is 6.15. The van der Waals surface area contributed by atoms with E-state index in [1.807, 2.05) is 12.1 Å². The van der Waals surface area contributed by atoms with Crippen LogP contribution in [0.3, 0.4) is 0 Å². The Morgan fingerprint density at radius 2 is 1.88 bits per heavy atom. The summed E-state index contributed by atoms with van der Waals surface area (Å²) in [6, 6.07) is 9.35. The lowest BCUT2D eigenvalue weighted by atomic mass is 9.73. The van der Waals surface area contributed by atoms with Gasteiger partial charge in [0.25, 0.3) is 0 Å². The SMILES string of the molecule is FC(F)(F)c1cccc(C2(CNCc3ccco3)CCOCC2)c1. The van der Waals surface area contributed by atoms with Crippen LogP contribution in [0, 0.1) is 0 Å². The fourth-order valence-electron chi connectivity index (χ4n) is 3.19. The van der Waals surface area contributed by atoms with Crippen LogP contribution in [0.4, 0.5) is 13.2 Å². The number of rotatable bonds is 5. The summed E-state index contributed by atoms with van der Waals surface area (Å²) in [5, 5.41) is 3.32. The summed E-state index contributed by atoms with van der Waals surface area (Å²) in [4.78, 5) is 0. The van der Waals surface area contributed by atoms with E-state index in [0.29, 0.717) is 44.7 Å². The van der Waals surface area contributed by atoms with Crippen molar-refractivity contribution < 1.29 is 22.3 Å². The summed E-state index contributed by atoms with van der Waals surface area (Å²) in [7, 11) is 0. The van der Waals surface area contributed by atoms with Gasteiger partial charge >= 0.3 is 6.18 Å². The number of furan rings is 1. The Balaban J connectivity index is 1.80. The van der Waals surface area contributed by atoms with Gasteiger partial charge in [0, 0.05) is 25.2 Å². The molecule has 0 bridgehead atoms. The molecule has 0 unspecified atom stereocenters. The summed E-state index contributed by atoms with van der Waals surface area (Å²) >= 11 is 0. The molecule has 1 aliphatic rings. The fraction of sp³-hybridized carbons (Fsp3) is 0.444. The number of hydrogen-bond acceptors (Lipinski definition) is 3. The molecule has 1 N–H and O–H groups in total. The van der Waals surface area contributed by atoms with E-state index < -0.39 is 11.7 Å². The van der Waals surface area contributed by atoms with Gasteiger partial charge in [0.1, 0.15) is 5.76 Å². The number of hydrogen-bond donors (Lipinski definition) is 1. The molecule has 1 aromatic carbocycles. The highest BCUT2D eigenvalue weighted by atomic mass is 19.4. The van der Waals surface area contributed by atoms with Gasteiger partial charge in [-0.1, -0.05) is 18.2 Å². The Kier molecular flexibility index (Phi) is 4.96. The summed E-state index contributed by atoms with van der Waals surface area (Å²) in [5.74, 6) is 0.807. The lowest BCUT2D eigenvalue weighted by Gasteiger charge is -2.38. The van der Waals surface area contributed by atoms with Gasteiger partial charge in [-0.2, -0.15) is 13.2 Å². The van der Waals surface area contributed by atoms with Crippen molar-refractivity contribution in [3.63, 3.8) is 0 Å². The molecule has 0 amide bonds. The maximum Gasteiger partial charge on any atom is 0.416 e. The molecule has 3 nitrogen and oxygen atoms in total. The van der Waals surface area contributed by atoms with Crippen molar-refractivity contribution in [2.45, 2.75) is 31.0 Å². The first-order chi connectivity index (χ1) is 11.5. The fourth-order valence-corrected chi connectivity index (χ4v) is 3.19. The highest BCUT2D eigenvalue weighted by Crippen LogP contribution is 2.37. The minimum atomic E-state index is -4.33. The van der Waals surface area contributed by atoms with Crippen molar-refractivity contribution >= 4 is 0 Å². The van der Waals surface area contributed by atoms with Crippen molar-refractivity contribution in [3.8, 4) is 0 Å². The lowest BCUT2D eigenvalue weighted by Crippen LogP contribution is -2.42. The van der Waals surface area contributed by atoms with Crippen LogP contribution < -0.4 is 5.32 Å². The van der Waals surface area contributed by atoms with E-state index in [9.17, 15) is 13.2 Å². The Morgan fingerprint density at radius 3 is 2.54 bits per heavy atom. The summed E-state index contributed by atoms with van der Waals surface area (Å²) in [5.41, 5.74) is -0.240. The van der Waals surface area contributed by atoms with Crippen LogP contribution in [-0.2, 0) is 22.9 Å². The van der Waals surface area contributed by atoms with E-state index in [0.717, 1.165) is 11.8 Å². The number of halogens is 3.